The lowest BCUT2D eigenvalue weighted by Crippen LogP contribution is -2.44. The summed E-state index contributed by atoms with van der Waals surface area (Å²) in [5, 5.41) is 10.5. The van der Waals surface area contributed by atoms with Crippen LogP contribution < -0.4 is 4.74 Å². The Morgan fingerprint density at radius 2 is 2.00 bits per heavy atom. The SMILES string of the molecule is COc1ccc([N+](=O)[O-])cc1/C=C1/SC(=O)N(CC(=O)N2CCCCC2)C1=O. The Kier molecular flexibility index (Phi) is 5.98. The van der Waals surface area contributed by atoms with Gasteiger partial charge in [0.2, 0.25) is 5.91 Å². The van der Waals surface area contributed by atoms with Crippen molar-refractivity contribution in [1.82, 2.24) is 9.80 Å². The minimum atomic E-state index is -0.589. The molecule has 1 aromatic rings. The molecule has 0 aromatic heterocycles. The smallest absolute Gasteiger partial charge is 0.294 e. The molecule has 0 radical (unpaired) electrons. The first-order valence-corrected chi connectivity index (χ1v) is 9.58. The predicted octanol–water partition coefficient (Wildman–Crippen LogP) is 2.65. The van der Waals surface area contributed by atoms with E-state index in [0.29, 0.717) is 36.2 Å². The van der Waals surface area contributed by atoms with Crippen molar-refractivity contribution < 1.29 is 24.0 Å². The number of carbonyl (C=O) groups is 3. The van der Waals surface area contributed by atoms with Crippen LogP contribution in [0.4, 0.5) is 10.5 Å². The summed E-state index contributed by atoms with van der Waals surface area (Å²) >= 11 is 0.701. The number of nitrogens with zero attached hydrogens (tertiary/aromatic N) is 3. The van der Waals surface area contributed by atoms with Crippen LogP contribution in [-0.4, -0.2) is 58.5 Å². The van der Waals surface area contributed by atoms with Gasteiger partial charge < -0.3 is 9.64 Å². The molecule has 10 heteroatoms. The molecule has 0 saturated carbocycles. The Morgan fingerprint density at radius 3 is 2.64 bits per heavy atom. The number of methoxy groups -OCH3 is 1. The molecular formula is C18H19N3O6S. The number of thioether (sulfide) groups is 1. The Morgan fingerprint density at radius 1 is 1.29 bits per heavy atom. The van der Waals surface area contributed by atoms with E-state index >= 15 is 0 Å². The molecular weight excluding hydrogens is 386 g/mol. The molecule has 2 aliphatic rings. The van der Waals surface area contributed by atoms with E-state index in [-0.39, 0.29) is 23.0 Å². The van der Waals surface area contributed by atoms with E-state index in [1.807, 2.05) is 0 Å². The highest BCUT2D eigenvalue weighted by Gasteiger charge is 2.37. The number of ether oxygens (including phenoxy) is 1. The summed E-state index contributed by atoms with van der Waals surface area (Å²) in [6.07, 6.45) is 4.28. The molecule has 0 unspecified atom stereocenters. The van der Waals surface area contributed by atoms with Crippen molar-refractivity contribution in [3.8, 4) is 5.75 Å². The van der Waals surface area contributed by atoms with Gasteiger partial charge in [-0.2, -0.15) is 0 Å². The zero-order valence-corrected chi connectivity index (χ0v) is 16.1. The van der Waals surface area contributed by atoms with Crippen LogP contribution in [0.3, 0.4) is 0 Å². The zero-order valence-electron chi connectivity index (χ0n) is 15.3. The highest BCUT2D eigenvalue weighted by atomic mass is 32.2. The van der Waals surface area contributed by atoms with E-state index in [2.05, 4.69) is 0 Å². The molecule has 2 fully saturated rings. The summed E-state index contributed by atoms with van der Waals surface area (Å²) < 4.78 is 5.18. The van der Waals surface area contributed by atoms with Crippen molar-refractivity contribution in [2.75, 3.05) is 26.7 Å². The van der Waals surface area contributed by atoms with E-state index < -0.39 is 16.1 Å². The highest BCUT2D eigenvalue weighted by Crippen LogP contribution is 2.35. The van der Waals surface area contributed by atoms with Crippen molar-refractivity contribution in [2.45, 2.75) is 19.3 Å². The van der Waals surface area contributed by atoms with Crippen molar-refractivity contribution in [1.29, 1.82) is 0 Å². The van der Waals surface area contributed by atoms with Gasteiger partial charge in [-0.15, -0.1) is 0 Å². The summed E-state index contributed by atoms with van der Waals surface area (Å²) in [7, 11) is 1.40. The third-order valence-electron chi connectivity index (χ3n) is 4.59. The number of rotatable bonds is 5. The standard InChI is InChI=1S/C18H19N3O6S/c1-27-14-6-5-13(21(25)26)9-12(14)10-15-17(23)20(18(24)28-15)11-16(22)19-7-3-2-4-8-19/h5-6,9-10H,2-4,7-8,11H2,1H3/b15-10+. The first-order valence-electron chi connectivity index (χ1n) is 8.76. The fourth-order valence-electron chi connectivity index (χ4n) is 3.10. The summed E-state index contributed by atoms with van der Waals surface area (Å²) in [4.78, 5) is 50.4. The van der Waals surface area contributed by atoms with Gasteiger partial charge in [0.1, 0.15) is 12.3 Å². The quantitative estimate of drug-likeness (QED) is 0.421. The average Bonchev–Trinajstić information content (AvgIpc) is 2.95. The second kappa shape index (κ2) is 8.42. The molecule has 2 saturated heterocycles. The number of likely N-dealkylation sites (tertiary alicyclic amines) is 1. The van der Waals surface area contributed by atoms with E-state index in [0.717, 1.165) is 24.2 Å². The summed E-state index contributed by atoms with van der Waals surface area (Å²) in [5.41, 5.74) is 0.149. The molecule has 0 N–H and O–H groups in total. The minimum Gasteiger partial charge on any atom is -0.496 e. The second-order valence-electron chi connectivity index (χ2n) is 6.39. The monoisotopic (exact) mass is 405 g/mol. The van der Waals surface area contributed by atoms with Crippen LogP contribution >= 0.6 is 11.8 Å². The predicted molar refractivity (Wildman–Crippen MR) is 103 cm³/mol. The summed E-state index contributed by atoms with van der Waals surface area (Å²) in [6, 6.07) is 3.99. The maximum Gasteiger partial charge on any atom is 0.294 e. The van der Waals surface area contributed by atoms with Crippen LogP contribution in [0.1, 0.15) is 24.8 Å². The van der Waals surface area contributed by atoms with Gasteiger partial charge in [-0.3, -0.25) is 29.4 Å². The van der Waals surface area contributed by atoms with Crippen molar-refractivity contribution in [2.24, 2.45) is 0 Å². The molecule has 3 amide bonds. The maximum atomic E-state index is 12.6. The molecule has 0 spiro atoms. The molecule has 3 rings (SSSR count). The topological polar surface area (TPSA) is 110 Å². The van der Waals surface area contributed by atoms with E-state index in [4.69, 9.17) is 4.74 Å². The Labute approximate surface area is 165 Å². The molecule has 148 valence electrons. The number of nitro groups is 1. The van der Waals surface area contributed by atoms with Crippen LogP contribution in [0.2, 0.25) is 0 Å². The largest absolute Gasteiger partial charge is 0.496 e. The number of amides is 3. The third kappa shape index (κ3) is 4.16. The third-order valence-corrected chi connectivity index (χ3v) is 5.49. The number of non-ortho nitro benzene ring substituents is 1. The Hall–Kier alpha value is -2.88. The van der Waals surface area contributed by atoms with Gasteiger partial charge in [-0.1, -0.05) is 0 Å². The number of hydrogen-bond acceptors (Lipinski definition) is 7. The van der Waals surface area contributed by atoms with Gasteiger partial charge in [-0.25, -0.2) is 0 Å². The van der Waals surface area contributed by atoms with E-state index in [1.165, 1.54) is 31.4 Å². The average molecular weight is 405 g/mol. The summed E-state index contributed by atoms with van der Waals surface area (Å²) in [6.45, 7) is 0.972. The number of nitro benzene ring substituents is 1. The van der Waals surface area contributed by atoms with Gasteiger partial charge in [-0.05, 0) is 43.2 Å². The fraction of sp³-hybridized carbons (Fsp3) is 0.389. The normalized spacial score (nSPS) is 18.7. The summed E-state index contributed by atoms with van der Waals surface area (Å²) in [5.74, 6) is -0.508. The Balaban J connectivity index is 1.80. The molecule has 9 nitrogen and oxygen atoms in total. The van der Waals surface area contributed by atoms with Gasteiger partial charge in [0, 0.05) is 30.8 Å². The number of piperidine rings is 1. The minimum absolute atomic E-state index is 0.0928. The van der Waals surface area contributed by atoms with E-state index in [9.17, 15) is 24.5 Å². The highest BCUT2D eigenvalue weighted by molar-refractivity contribution is 8.18. The molecule has 1 aromatic carbocycles. The second-order valence-corrected chi connectivity index (χ2v) is 7.39. The number of hydrogen-bond donors (Lipinski definition) is 0. The zero-order chi connectivity index (χ0) is 20.3. The fourth-order valence-corrected chi connectivity index (χ4v) is 3.93. The number of carbonyl (C=O) groups excluding carboxylic acids is 3. The molecule has 0 atom stereocenters. The first kappa shape index (κ1) is 19.9. The van der Waals surface area contributed by atoms with Crippen molar-refractivity contribution in [3.05, 3.63) is 38.8 Å². The molecule has 0 bridgehead atoms. The van der Waals surface area contributed by atoms with Crippen LogP contribution in [0, 0.1) is 10.1 Å². The lowest BCUT2D eigenvalue weighted by Gasteiger charge is -2.27. The van der Waals surface area contributed by atoms with E-state index in [1.54, 1.807) is 4.90 Å². The lowest BCUT2D eigenvalue weighted by atomic mass is 10.1. The van der Waals surface area contributed by atoms with Crippen LogP contribution in [0.25, 0.3) is 6.08 Å². The van der Waals surface area contributed by atoms with Gasteiger partial charge in [0.15, 0.2) is 0 Å². The molecule has 0 aliphatic carbocycles. The number of benzene rings is 1. The van der Waals surface area contributed by atoms with Crippen LogP contribution in [-0.2, 0) is 9.59 Å². The van der Waals surface area contributed by atoms with Crippen LogP contribution in [0.5, 0.6) is 5.75 Å². The Bertz CT molecular complexity index is 863. The van der Waals surface area contributed by atoms with Gasteiger partial charge >= 0.3 is 0 Å². The van der Waals surface area contributed by atoms with Crippen molar-refractivity contribution in [3.63, 3.8) is 0 Å². The van der Waals surface area contributed by atoms with Crippen LogP contribution in [0.15, 0.2) is 23.1 Å². The maximum absolute atomic E-state index is 12.6. The molecule has 28 heavy (non-hydrogen) atoms. The first-order chi connectivity index (χ1) is 13.4. The molecule has 2 aliphatic heterocycles. The number of imide groups is 1. The van der Waals surface area contributed by atoms with Gasteiger partial charge in [0.25, 0.3) is 16.8 Å². The van der Waals surface area contributed by atoms with Gasteiger partial charge in [0.05, 0.1) is 16.9 Å². The molecule has 2 heterocycles. The van der Waals surface area contributed by atoms with Crippen molar-refractivity contribution >= 4 is 40.6 Å². The lowest BCUT2D eigenvalue weighted by molar-refractivity contribution is -0.384.